The molecule has 24 heavy (non-hydrogen) atoms. The molecule has 0 unspecified atom stereocenters. The third-order valence-corrected chi connectivity index (χ3v) is 3.64. The van der Waals surface area contributed by atoms with Crippen LogP contribution in [-0.2, 0) is 0 Å². The fourth-order valence-corrected chi connectivity index (χ4v) is 2.46. The molecule has 7 heteroatoms. The lowest BCUT2D eigenvalue weighted by atomic mass is 10.2. The van der Waals surface area contributed by atoms with Gasteiger partial charge in [-0.3, -0.25) is 4.79 Å². The molecule has 0 saturated heterocycles. The van der Waals surface area contributed by atoms with E-state index in [-0.39, 0.29) is 10.9 Å². The summed E-state index contributed by atoms with van der Waals surface area (Å²) < 4.78 is 13.2. The quantitative estimate of drug-likeness (QED) is 0.810. The second kappa shape index (κ2) is 8.59. The Morgan fingerprint density at radius 2 is 1.92 bits per heavy atom. The SMILES string of the molecule is CCCN(CCC)C(=O)c1cc(Nc2ccc(F)c(Cl)c2)ncn1. The Hall–Kier alpha value is -2.21. The summed E-state index contributed by atoms with van der Waals surface area (Å²) in [7, 11) is 0. The van der Waals surface area contributed by atoms with E-state index in [1.807, 2.05) is 13.8 Å². The molecule has 0 radical (unpaired) electrons. The fourth-order valence-electron chi connectivity index (χ4n) is 2.28. The van der Waals surface area contributed by atoms with Gasteiger partial charge in [0.1, 0.15) is 23.7 Å². The van der Waals surface area contributed by atoms with Crippen molar-refractivity contribution >= 4 is 29.0 Å². The van der Waals surface area contributed by atoms with E-state index in [9.17, 15) is 9.18 Å². The van der Waals surface area contributed by atoms with Gasteiger partial charge in [0, 0.05) is 24.8 Å². The molecule has 1 heterocycles. The van der Waals surface area contributed by atoms with Gasteiger partial charge in [-0.2, -0.15) is 0 Å². The van der Waals surface area contributed by atoms with Crippen molar-refractivity contribution in [3.63, 3.8) is 0 Å². The number of hydrogen-bond donors (Lipinski definition) is 1. The van der Waals surface area contributed by atoms with E-state index in [2.05, 4.69) is 15.3 Å². The summed E-state index contributed by atoms with van der Waals surface area (Å²) in [4.78, 5) is 22.5. The molecule has 2 rings (SSSR count). The summed E-state index contributed by atoms with van der Waals surface area (Å²) in [6.07, 6.45) is 3.10. The number of carbonyl (C=O) groups is 1. The van der Waals surface area contributed by atoms with Crippen LogP contribution in [0.4, 0.5) is 15.9 Å². The second-order valence-electron chi connectivity index (χ2n) is 5.33. The summed E-state index contributed by atoms with van der Waals surface area (Å²) in [5.41, 5.74) is 0.903. The molecule has 1 aromatic carbocycles. The predicted molar refractivity (Wildman–Crippen MR) is 93.2 cm³/mol. The number of nitrogens with one attached hydrogen (secondary N) is 1. The summed E-state index contributed by atoms with van der Waals surface area (Å²) in [5, 5.41) is 3.01. The topological polar surface area (TPSA) is 58.1 Å². The number of nitrogens with zero attached hydrogens (tertiary/aromatic N) is 3. The third kappa shape index (κ3) is 4.64. The molecule has 0 aliphatic carbocycles. The Labute approximate surface area is 145 Å². The maximum Gasteiger partial charge on any atom is 0.272 e. The largest absolute Gasteiger partial charge is 0.340 e. The minimum Gasteiger partial charge on any atom is -0.340 e. The van der Waals surface area contributed by atoms with Crippen LogP contribution in [0.15, 0.2) is 30.6 Å². The van der Waals surface area contributed by atoms with Crippen LogP contribution in [0, 0.1) is 5.82 Å². The molecule has 0 aliphatic rings. The van der Waals surface area contributed by atoms with Crippen LogP contribution in [-0.4, -0.2) is 33.9 Å². The van der Waals surface area contributed by atoms with Gasteiger partial charge in [-0.05, 0) is 31.0 Å². The van der Waals surface area contributed by atoms with Gasteiger partial charge in [-0.25, -0.2) is 14.4 Å². The van der Waals surface area contributed by atoms with Gasteiger partial charge in [0.2, 0.25) is 0 Å². The maximum atomic E-state index is 13.2. The zero-order valence-electron chi connectivity index (χ0n) is 13.7. The fraction of sp³-hybridized carbons (Fsp3) is 0.353. The van der Waals surface area contributed by atoms with Crippen LogP contribution in [0.1, 0.15) is 37.2 Å². The molecule has 128 valence electrons. The Balaban J connectivity index is 2.18. The number of aromatic nitrogens is 2. The highest BCUT2D eigenvalue weighted by atomic mass is 35.5. The first-order chi connectivity index (χ1) is 11.5. The van der Waals surface area contributed by atoms with Crippen LogP contribution < -0.4 is 5.32 Å². The Kier molecular flexibility index (Phi) is 6.49. The molecule has 0 saturated carbocycles. The lowest BCUT2D eigenvalue weighted by Crippen LogP contribution is -2.33. The van der Waals surface area contributed by atoms with Gasteiger partial charge in [-0.1, -0.05) is 25.4 Å². The Bertz CT molecular complexity index is 705. The number of benzene rings is 1. The molecular weight excluding hydrogens is 331 g/mol. The monoisotopic (exact) mass is 350 g/mol. The zero-order valence-corrected chi connectivity index (χ0v) is 14.5. The normalized spacial score (nSPS) is 10.5. The summed E-state index contributed by atoms with van der Waals surface area (Å²) in [6.45, 7) is 5.43. The Morgan fingerprint density at radius 3 is 2.54 bits per heavy atom. The van der Waals surface area contributed by atoms with Crippen molar-refractivity contribution in [3.05, 3.63) is 47.1 Å². The lowest BCUT2D eigenvalue weighted by molar-refractivity contribution is 0.0749. The van der Waals surface area contributed by atoms with Gasteiger partial charge in [0.25, 0.3) is 5.91 Å². The smallest absolute Gasteiger partial charge is 0.272 e. The summed E-state index contributed by atoms with van der Waals surface area (Å²) in [5.74, 6) is -0.166. The van der Waals surface area contributed by atoms with E-state index < -0.39 is 5.82 Å². The van der Waals surface area contributed by atoms with Crippen LogP contribution in [0.25, 0.3) is 0 Å². The van der Waals surface area contributed by atoms with Crippen LogP contribution in [0.5, 0.6) is 0 Å². The number of halogens is 2. The molecular formula is C17H20ClFN4O. The van der Waals surface area contributed by atoms with E-state index in [1.165, 1.54) is 18.5 Å². The second-order valence-corrected chi connectivity index (χ2v) is 5.74. The molecule has 2 aromatic rings. The number of rotatable bonds is 7. The van der Waals surface area contributed by atoms with Crippen molar-refractivity contribution in [2.45, 2.75) is 26.7 Å². The average Bonchev–Trinajstić information content (AvgIpc) is 2.58. The lowest BCUT2D eigenvalue weighted by Gasteiger charge is -2.21. The van der Waals surface area contributed by atoms with E-state index in [0.29, 0.717) is 30.3 Å². The van der Waals surface area contributed by atoms with Crippen molar-refractivity contribution < 1.29 is 9.18 Å². The predicted octanol–water partition coefficient (Wildman–Crippen LogP) is 4.27. The molecule has 1 N–H and O–H groups in total. The standard InChI is InChI=1S/C17H20ClFN4O/c1-3-7-23(8-4-2)17(24)15-10-16(21-11-20-15)22-12-5-6-14(19)13(18)9-12/h5-6,9-11H,3-4,7-8H2,1-2H3,(H,20,21,22). The van der Waals surface area contributed by atoms with Gasteiger partial charge in [0.15, 0.2) is 0 Å². The van der Waals surface area contributed by atoms with Crippen LogP contribution in [0.3, 0.4) is 0 Å². The van der Waals surface area contributed by atoms with E-state index >= 15 is 0 Å². The molecule has 1 aromatic heterocycles. The number of anilines is 2. The van der Waals surface area contributed by atoms with Crippen LogP contribution >= 0.6 is 11.6 Å². The first kappa shape index (κ1) is 18.1. The number of amides is 1. The minimum atomic E-state index is -0.490. The third-order valence-electron chi connectivity index (χ3n) is 3.35. The highest BCUT2D eigenvalue weighted by molar-refractivity contribution is 6.31. The summed E-state index contributed by atoms with van der Waals surface area (Å²) >= 11 is 5.76. The van der Waals surface area contributed by atoms with Gasteiger partial charge < -0.3 is 10.2 Å². The molecule has 0 bridgehead atoms. The molecule has 0 aliphatic heterocycles. The van der Waals surface area contributed by atoms with Gasteiger partial charge >= 0.3 is 0 Å². The minimum absolute atomic E-state index is 0.0161. The van der Waals surface area contributed by atoms with E-state index in [0.717, 1.165) is 12.8 Å². The first-order valence-corrected chi connectivity index (χ1v) is 8.26. The van der Waals surface area contributed by atoms with Crippen LogP contribution in [0.2, 0.25) is 5.02 Å². The number of carbonyl (C=O) groups excluding carboxylic acids is 1. The molecule has 1 amide bonds. The van der Waals surface area contributed by atoms with Crippen molar-refractivity contribution in [2.75, 3.05) is 18.4 Å². The van der Waals surface area contributed by atoms with E-state index in [1.54, 1.807) is 17.0 Å². The van der Waals surface area contributed by atoms with Crippen molar-refractivity contribution in [3.8, 4) is 0 Å². The van der Waals surface area contributed by atoms with E-state index in [4.69, 9.17) is 11.6 Å². The molecule has 5 nitrogen and oxygen atoms in total. The first-order valence-electron chi connectivity index (χ1n) is 7.88. The van der Waals surface area contributed by atoms with Crippen molar-refractivity contribution in [2.24, 2.45) is 0 Å². The molecule has 0 spiro atoms. The van der Waals surface area contributed by atoms with Gasteiger partial charge in [0.05, 0.1) is 5.02 Å². The Morgan fingerprint density at radius 1 is 1.21 bits per heavy atom. The van der Waals surface area contributed by atoms with Crippen molar-refractivity contribution in [1.82, 2.24) is 14.9 Å². The summed E-state index contributed by atoms with van der Waals surface area (Å²) in [6, 6.07) is 5.85. The molecule has 0 fully saturated rings. The average molecular weight is 351 g/mol. The maximum absolute atomic E-state index is 13.2. The highest BCUT2D eigenvalue weighted by Crippen LogP contribution is 2.22. The zero-order chi connectivity index (χ0) is 17.5. The highest BCUT2D eigenvalue weighted by Gasteiger charge is 2.16. The van der Waals surface area contributed by atoms with Crippen molar-refractivity contribution in [1.29, 1.82) is 0 Å². The number of hydrogen-bond acceptors (Lipinski definition) is 4. The molecule has 0 atom stereocenters. The van der Waals surface area contributed by atoms with Gasteiger partial charge in [-0.15, -0.1) is 0 Å².